The number of nitrogens with zero attached hydrogens (tertiary/aromatic N) is 3. The van der Waals surface area contributed by atoms with Crippen LogP contribution in [0.5, 0.6) is 0 Å². The molecule has 0 aromatic heterocycles. The maximum absolute atomic E-state index is 12.2. The number of hydrogen-bond acceptors (Lipinski definition) is 4. The summed E-state index contributed by atoms with van der Waals surface area (Å²) < 4.78 is 26.6. The summed E-state index contributed by atoms with van der Waals surface area (Å²) >= 11 is 0. The van der Waals surface area contributed by atoms with Crippen LogP contribution < -0.4 is 5.32 Å². The molecule has 8 heteroatoms. The van der Waals surface area contributed by atoms with Crippen LogP contribution in [-0.4, -0.2) is 55.2 Å². The maximum atomic E-state index is 12.2. The molecule has 0 saturated heterocycles. The lowest BCUT2D eigenvalue weighted by molar-refractivity contribution is -0.122. The predicted octanol–water partition coefficient (Wildman–Crippen LogP) is 0.313. The Morgan fingerprint density at radius 1 is 1.35 bits per heavy atom. The SMILES string of the molecule is CCN(CC(=O)NC(C)(C)C)S(=O)(=O)N(C)CCC#N. The fourth-order valence-electron chi connectivity index (χ4n) is 1.49. The molecule has 0 aromatic rings. The molecule has 116 valence electrons. The molecule has 0 radical (unpaired) electrons. The standard InChI is InChI=1S/C12H24N4O3S/c1-6-16(10-11(17)14-12(2,3)4)20(18,19)15(5)9-7-8-13/h6-7,9-10H2,1-5H3,(H,14,17). The van der Waals surface area contributed by atoms with Gasteiger partial charge in [0, 0.05) is 32.1 Å². The molecule has 0 aliphatic carbocycles. The second kappa shape index (κ2) is 7.57. The van der Waals surface area contributed by atoms with Crippen molar-refractivity contribution in [2.45, 2.75) is 39.7 Å². The molecule has 20 heavy (non-hydrogen) atoms. The summed E-state index contributed by atoms with van der Waals surface area (Å²) in [6.07, 6.45) is 0.113. The van der Waals surface area contributed by atoms with Gasteiger partial charge in [-0.2, -0.15) is 22.3 Å². The third-order valence-corrected chi connectivity index (χ3v) is 4.46. The number of carbonyl (C=O) groups excluding carboxylic acids is 1. The van der Waals surface area contributed by atoms with Crippen LogP contribution in [0.2, 0.25) is 0 Å². The van der Waals surface area contributed by atoms with Crippen LogP contribution in [0.15, 0.2) is 0 Å². The highest BCUT2D eigenvalue weighted by Gasteiger charge is 2.28. The summed E-state index contributed by atoms with van der Waals surface area (Å²) in [5.41, 5.74) is -0.410. The molecule has 0 saturated carbocycles. The Bertz CT molecular complexity index is 462. The number of nitriles is 1. The molecule has 0 aliphatic heterocycles. The Hall–Kier alpha value is -1.17. The highest BCUT2D eigenvalue weighted by Crippen LogP contribution is 2.07. The van der Waals surface area contributed by atoms with E-state index < -0.39 is 15.7 Å². The van der Waals surface area contributed by atoms with Crippen LogP contribution in [0, 0.1) is 11.3 Å². The number of hydrogen-bond donors (Lipinski definition) is 1. The average Bonchev–Trinajstić information content (AvgIpc) is 2.30. The van der Waals surface area contributed by atoms with Crippen molar-refractivity contribution >= 4 is 16.1 Å². The molecule has 0 spiro atoms. The molecular weight excluding hydrogens is 280 g/mol. The van der Waals surface area contributed by atoms with Crippen molar-refractivity contribution < 1.29 is 13.2 Å². The summed E-state index contributed by atoms with van der Waals surface area (Å²) in [5, 5.41) is 11.2. The molecule has 1 N–H and O–H groups in total. The fraction of sp³-hybridized carbons (Fsp3) is 0.833. The van der Waals surface area contributed by atoms with Gasteiger partial charge in [0.1, 0.15) is 0 Å². The van der Waals surface area contributed by atoms with Crippen LogP contribution in [0.4, 0.5) is 0 Å². The number of nitrogens with one attached hydrogen (secondary N) is 1. The molecule has 0 fully saturated rings. The molecule has 1 amide bonds. The Morgan fingerprint density at radius 3 is 2.30 bits per heavy atom. The molecule has 0 bridgehead atoms. The molecule has 0 unspecified atom stereocenters. The van der Waals surface area contributed by atoms with E-state index in [0.717, 1.165) is 8.61 Å². The minimum absolute atomic E-state index is 0.107. The van der Waals surface area contributed by atoms with E-state index >= 15 is 0 Å². The maximum Gasteiger partial charge on any atom is 0.282 e. The average molecular weight is 304 g/mol. The van der Waals surface area contributed by atoms with Gasteiger partial charge >= 0.3 is 0 Å². The van der Waals surface area contributed by atoms with E-state index in [9.17, 15) is 13.2 Å². The monoisotopic (exact) mass is 304 g/mol. The van der Waals surface area contributed by atoms with E-state index in [4.69, 9.17) is 5.26 Å². The van der Waals surface area contributed by atoms with Gasteiger partial charge < -0.3 is 5.32 Å². The Kier molecular flexibility index (Phi) is 7.13. The molecule has 0 aliphatic rings. The zero-order valence-electron chi connectivity index (χ0n) is 12.8. The van der Waals surface area contributed by atoms with Crippen LogP contribution in [-0.2, 0) is 15.0 Å². The van der Waals surface area contributed by atoms with Crippen LogP contribution in [0.25, 0.3) is 0 Å². The topological polar surface area (TPSA) is 93.5 Å². The summed E-state index contributed by atoms with van der Waals surface area (Å²) in [5.74, 6) is -0.350. The first-order chi connectivity index (χ1) is 9.04. The second-order valence-electron chi connectivity index (χ2n) is 5.46. The normalized spacial score (nSPS) is 12.5. The smallest absolute Gasteiger partial charge is 0.282 e. The van der Waals surface area contributed by atoms with Gasteiger partial charge in [-0.05, 0) is 20.8 Å². The van der Waals surface area contributed by atoms with Crippen LogP contribution in [0.1, 0.15) is 34.1 Å². The summed E-state index contributed by atoms with van der Waals surface area (Å²) in [6, 6.07) is 1.90. The Morgan fingerprint density at radius 2 is 1.90 bits per heavy atom. The summed E-state index contributed by atoms with van der Waals surface area (Å²) in [7, 11) is -2.32. The zero-order chi connectivity index (χ0) is 16.0. The van der Waals surface area contributed by atoms with Crippen molar-refractivity contribution in [3.8, 4) is 6.07 Å². The Balaban J connectivity index is 4.83. The number of carbonyl (C=O) groups is 1. The lowest BCUT2D eigenvalue weighted by atomic mass is 10.1. The zero-order valence-corrected chi connectivity index (χ0v) is 13.6. The van der Waals surface area contributed by atoms with Crippen molar-refractivity contribution in [3.05, 3.63) is 0 Å². The van der Waals surface area contributed by atoms with E-state index in [0.29, 0.717) is 0 Å². The highest BCUT2D eigenvalue weighted by molar-refractivity contribution is 7.86. The van der Waals surface area contributed by atoms with E-state index in [1.807, 2.05) is 26.8 Å². The van der Waals surface area contributed by atoms with Gasteiger partial charge in [-0.1, -0.05) is 6.92 Å². The van der Waals surface area contributed by atoms with E-state index in [2.05, 4.69) is 5.32 Å². The van der Waals surface area contributed by atoms with Crippen LogP contribution >= 0.6 is 0 Å². The highest BCUT2D eigenvalue weighted by atomic mass is 32.2. The third kappa shape index (κ3) is 6.32. The van der Waals surface area contributed by atoms with Gasteiger partial charge in [0.2, 0.25) is 5.91 Å². The number of amides is 1. The largest absolute Gasteiger partial charge is 0.350 e. The second-order valence-corrected chi connectivity index (χ2v) is 7.50. The van der Waals surface area contributed by atoms with Crippen LogP contribution in [0.3, 0.4) is 0 Å². The van der Waals surface area contributed by atoms with Crippen molar-refractivity contribution in [1.82, 2.24) is 13.9 Å². The summed E-state index contributed by atoms with van der Waals surface area (Å²) in [6.45, 7) is 7.22. The van der Waals surface area contributed by atoms with Gasteiger partial charge in [0.15, 0.2) is 0 Å². The quantitative estimate of drug-likeness (QED) is 0.732. The Labute approximate surface area is 121 Å². The molecule has 0 heterocycles. The molecular formula is C12H24N4O3S. The molecule has 0 rings (SSSR count). The van der Waals surface area contributed by atoms with Gasteiger partial charge in [-0.15, -0.1) is 0 Å². The van der Waals surface area contributed by atoms with Gasteiger partial charge in [-0.3, -0.25) is 4.79 Å². The van der Waals surface area contributed by atoms with Gasteiger partial charge in [-0.25, -0.2) is 0 Å². The predicted molar refractivity (Wildman–Crippen MR) is 76.9 cm³/mol. The number of rotatable bonds is 7. The van der Waals surface area contributed by atoms with E-state index in [-0.39, 0.29) is 32.0 Å². The minimum atomic E-state index is -3.72. The minimum Gasteiger partial charge on any atom is -0.350 e. The molecule has 0 atom stereocenters. The fourth-order valence-corrected chi connectivity index (χ4v) is 2.82. The lowest BCUT2D eigenvalue weighted by Gasteiger charge is -2.27. The van der Waals surface area contributed by atoms with Crippen molar-refractivity contribution in [1.29, 1.82) is 5.26 Å². The van der Waals surface area contributed by atoms with Gasteiger partial charge in [0.25, 0.3) is 10.2 Å². The first-order valence-corrected chi connectivity index (χ1v) is 7.83. The summed E-state index contributed by atoms with van der Waals surface area (Å²) in [4.78, 5) is 11.8. The molecule has 7 nitrogen and oxygen atoms in total. The van der Waals surface area contributed by atoms with Crippen molar-refractivity contribution in [2.24, 2.45) is 0 Å². The number of likely N-dealkylation sites (N-methyl/N-ethyl adjacent to an activating group) is 1. The van der Waals surface area contributed by atoms with E-state index in [1.54, 1.807) is 6.92 Å². The van der Waals surface area contributed by atoms with Crippen molar-refractivity contribution in [3.63, 3.8) is 0 Å². The first kappa shape index (κ1) is 18.8. The lowest BCUT2D eigenvalue weighted by Crippen LogP contribution is -2.50. The van der Waals surface area contributed by atoms with Crippen molar-refractivity contribution in [2.75, 3.05) is 26.7 Å². The third-order valence-electron chi connectivity index (χ3n) is 2.45. The van der Waals surface area contributed by atoms with E-state index in [1.165, 1.54) is 7.05 Å². The molecule has 0 aromatic carbocycles. The van der Waals surface area contributed by atoms with Gasteiger partial charge in [0.05, 0.1) is 12.6 Å². The first-order valence-electron chi connectivity index (χ1n) is 6.44.